The van der Waals surface area contributed by atoms with Crippen molar-refractivity contribution in [1.82, 2.24) is 10.6 Å². The maximum Gasteiger partial charge on any atom is 0.265 e. The summed E-state index contributed by atoms with van der Waals surface area (Å²) in [6, 6.07) is 0. The fourth-order valence-corrected chi connectivity index (χ4v) is 0.933. The predicted octanol–water partition coefficient (Wildman–Crippen LogP) is 0.507. The number of aliphatic hydroxyl groups excluding tert-OH is 1. The molecule has 1 amide bonds. The third kappa shape index (κ3) is 6.68. The van der Waals surface area contributed by atoms with E-state index in [-0.39, 0.29) is 24.5 Å². The molecule has 0 heterocycles. The molecule has 0 aromatic rings. The van der Waals surface area contributed by atoms with Gasteiger partial charge in [0, 0.05) is 12.1 Å². The summed E-state index contributed by atoms with van der Waals surface area (Å²) in [6.45, 7) is 5.32. The molecular formula is C10H20F2N2O2. The maximum absolute atomic E-state index is 11.9. The van der Waals surface area contributed by atoms with Gasteiger partial charge in [0.15, 0.2) is 0 Å². The molecular weight excluding hydrogens is 218 g/mol. The van der Waals surface area contributed by atoms with Gasteiger partial charge >= 0.3 is 0 Å². The standard InChI is InChI=1S/C10H20F2N2O2/c1-4-10(2,3)14-8(16)6-13-5-7(15)9(11)12/h7,9,13,15H,4-6H2,1-3H3,(H,14,16). The Kier molecular flexibility index (Phi) is 6.43. The second kappa shape index (κ2) is 6.75. The van der Waals surface area contributed by atoms with Crippen molar-refractivity contribution in [3.05, 3.63) is 0 Å². The normalized spacial score (nSPS) is 13.9. The highest BCUT2D eigenvalue weighted by Gasteiger charge is 2.19. The van der Waals surface area contributed by atoms with Crippen LogP contribution in [0.1, 0.15) is 27.2 Å². The molecule has 0 saturated heterocycles. The Morgan fingerprint density at radius 1 is 1.44 bits per heavy atom. The lowest BCUT2D eigenvalue weighted by Crippen LogP contribution is -2.47. The molecule has 0 spiro atoms. The van der Waals surface area contributed by atoms with Crippen molar-refractivity contribution < 1.29 is 18.7 Å². The first kappa shape index (κ1) is 15.2. The van der Waals surface area contributed by atoms with Gasteiger partial charge < -0.3 is 15.7 Å². The molecule has 1 unspecified atom stereocenters. The Morgan fingerprint density at radius 3 is 2.44 bits per heavy atom. The van der Waals surface area contributed by atoms with E-state index in [1.165, 1.54) is 0 Å². The summed E-state index contributed by atoms with van der Waals surface area (Å²) in [5.74, 6) is -0.270. The molecule has 0 saturated carbocycles. The van der Waals surface area contributed by atoms with Gasteiger partial charge in [0.2, 0.25) is 5.91 Å². The van der Waals surface area contributed by atoms with Crippen molar-refractivity contribution in [3.8, 4) is 0 Å². The van der Waals surface area contributed by atoms with E-state index in [1.807, 2.05) is 20.8 Å². The number of amides is 1. The van der Waals surface area contributed by atoms with Gasteiger partial charge in [-0.15, -0.1) is 0 Å². The molecule has 0 rings (SSSR count). The van der Waals surface area contributed by atoms with Crippen LogP contribution in [0.5, 0.6) is 0 Å². The average Bonchev–Trinajstić information content (AvgIpc) is 2.16. The number of carbonyl (C=O) groups excluding carboxylic acids is 1. The summed E-state index contributed by atoms with van der Waals surface area (Å²) >= 11 is 0. The minimum absolute atomic E-state index is 0.0762. The van der Waals surface area contributed by atoms with Crippen LogP contribution in [0.2, 0.25) is 0 Å². The first-order chi connectivity index (χ1) is 7.28. The van der Waals surface area contributed by atoms with Crippen LogP contribution in [0.25, 0.3) is 0 Å². The zero-order valence-electron chi connectivity index (χ0n) is 9.89. The Labute approximate surface area is 94.4 Å². The predicted molar refractivity (Wildman–Crippen MR) is 57.4 cm³/mol. The number of alkyl halides is 2. The molecule has 6 heteroatoms. The van der Waals surface area contributed by atoms with E-state index >= 15 is 0 Å². The fraction of sp³-hybridized carbons (Fsp3) is 0.900. The van der Waals surface area contributed by atoms with Crippen LogP contribution in [0.3, 0.4) is 0 Å². The van der Waals surface area contributed by atoms with Crippen LogP contribution in [-0.4, -0.2) is 42.2 Å². The van der Waals surface area contributed by atoms with E-state index in [4.69, 9.17) is 5.11 Å². The zero-order chi connectivity index (χ0) is 12.8. The second-order valence-electron chi connectivity index (χ2n) is 4.32. The number of halogens is 2. The molecule has 16 heavy (non-hydrogen) atoms. The van der Waals surface area contributed by atoms with Crippen LogP contribution in [0, 0.1) is 0 Å². The van der Waals surface area contributed by atoms with E-state index in [0.29, 0.717) is 0 Å². The smallest absolute Gasteiger partial charge is 0.265 e. The molecule has 0 fully saturated rings. The van der Waals surface area contributed by atoms with Crippen LogP contribution in [0.15, 0.2) is 0 Å². The summed E-state index contributed by atoms with van der Waals surface area (Å²) < 4.78 is 23.8. The monoisotopic (exact) mass is 238 g/mol. The van der Waals surface area contributed by atoms with Crippen LogP contribution in [-0.2, 0) is 4.79 Å². The van der Waals surface area contributed by atoms with Gasteiger partial charge in [0.1, 0.15) is 6.10 Å². The number of carbonyl (C=O) groups is 1. The zero-order valence-corrected chi connectivity index (χ0v) is 9.89. The number of rotatable bonds is 7. The minimum Gasteiger partial charge on any atom is -0.386 e. The molecule has 3 N–H and O–H groups in total. The number of aliphatic hydroxyl groups is 1. The summed E-state index contributed by atoms with van der Waals surface area (Å²) in [7, 11) is 0. The third-order valence-electron chi connectivity index (χ3n) is 2.29. The van der Waals surface area contributed by atoms with E-state index < -0.39 is 12.5 Å². The summed E-state index contributed by atoms with van der Waals surface area (Å²) in [4.78, 5) is 11.3. The molecule has 0 bridgehead atoms. The minimum atomic E-state index is -2.79. The van der Waals surface area contributed by atoms with E-state index in [0.717, 1.165) is 6.42 Å². The lowest BCUT2D eigenvalue weighted by Gasteiger charge is -2.24. The second-order valence-corrected chi connectivity index (χ2v) is 4.32. The van der Waals surface area contributed by atoms with Crippen molar-refractivity contribution in [2.45, 2.75) is 45.3 Å². The van der Waals surface area contributed by atoms with Gasteiger partial charge in [-0.2, -0.15) is 0 Å². The van der Waals surface area contributed by atoms with Gasteiger partial charge in [-0.05, 0) is 20.3 Å². The molecule has 0 aliphatic heterocycles. The van der Waals surface area contributed by atoms with Gasteiger partial charge in [0.25, 0.3) is 6.43 Å². The SMILES string of the molecule is CCC(C)(C)NC(=O)CNCC(O)C(F)F. The quantitative estimate of drug-likeness (QED) is 0.605. The van der Waals surface area contributed by atoms with E-state index in [1.54, 1.807) is 0 Å². The Morgan fingerprint density at radius 2 is 2.00 bits per heavy atom. The van der Waals surface area contributed by atoms with Crippen molar-refractivity contribution in [2.75, 3.05) is 13.1 Å². The van der Waals surface area contributed by atoms with E-state index in [2.05, 4.69) is 10.6 Å². The first-order valence-electron chi connectivity index (χ1n) is 5.26. The van der Waals surface area contributed by atoms with Gasteiger partial charge in [-0.1, -0.05) is 6.92 Å². The van der Waals surface area contributed by atoms with Crippen molar-refractivity contribution in [1.29, 1.82) is 0 Å². The van der Waals surface area contributed by atoms with Crippen molar-refractivity contribution in [2.24, 2.45) is 0 Å². The maximum atomic E-state index is 11.9. The largest absolute Gasteiger partial charge is 0.386 e. The highest BCUT2D eigenvalue weighted by atomic mass is 19.3. The highest BCUT2D eigenvalue weighted by molar-refractivity contribution is 5.78. The Hall–Kier alpha value is -0.750. The summed E-state index contributed by atoms with van der Waals surface area (Å²) in [5, 5.41) is 14.0. The molecule has 4 nitrogen and oxygen atoms in total. The summed E-state index contributed by atoms with van der Waals surface area (Å²) in [5.41, 5.74) is -0.305. The molecule has 1 atom stereocenters. The number of hydrogen-bond donors (Lipinski definition) is 3. The van der Waals surface area contributed by atoms with Gasteiger partial charge in [-0.25, -0.2) is 8.78 Å². The van der Waals surface area contributed by atoms with Crippen LogP contribution in [0.4, 0.5) is 8.78 Å². The average molecular weight is 238 g/mol. The Bertz CT molecular complexity index is 223. The molecule has 0 aromatic carbocycles. The first-order valence-corrected chi connectivity index (χ1v) is 5.26. The number of hydrogen-bond acceptors (Lipinski definition) is 3. The molecule has 0 radical (unpaired) electrons. The van der Waals surface area contributed by atoms with Crippen LogP contribution < -0.4 is 10.6 Å². The fourth-order valence-electron chi connectivity index (χ4n) is 0.933. The number of nitrogens with one attached hydrogen (secondary N) is 2. The van der Waals surface area contributed by atoms with Gasteiger partial charge in [0.05, 0.1) is 6.54 Å². The molecule has 0 aromatic heterocycles. The Balaban J connectivity index is 3.75. The highest BCUT2D eigenvalue weighted by Crippen LogP contribution is 2.05. The summed E-state index contributed by atoms with van der Waals surface area (Å²) in [6.07, 6.45) is -3.74. The van der Waals surface area contributed by atoms with Crippen molar-refractivity contribution in [3.63, 3.8) is 0 Å². The lowest BCUT2D eigenvalue weighted by atomic mass is 10.0. The molecule has 0 aliphatic carbocycles. The topological polar surface area (TPSA) is 61.4 Å². The molecule has 96 valence electrons. The third-order valence-corrected chi connectivity index (χ3v) is 2.29. The van der Waals surface area contributed by atoms with Crippen LogP contribution >= 0.6 is 0 Å². The lowest BCUT2D eigenvalue weighted by molar-refractivity contribution is -0.122. The van der Waals surface area contributed by atoms with Gasteiger partial charge in [-0.3, -0.25) is 4.79 Å². The van der Waals surface area contributed by atoms with Crippen molar-refractivity contribution >= 4 is 5.91 Å². The van der Waals surface area contributed by atoms with E-state index in [9.17, 15) is 13.6 Å². The molecule has 0 aliphatic rings.